The van der Waals surface area contributed by atoms with Gasteiger partial charge in [-0.3, -0.25) is 5.43 Å². The number of rotatable bonds is 4. The molecule has 0 aliphatic rings. The van der Waals surface area contributed by atoms with Crippen LogP contribution in [0.1, 0.15) is 5.76 Å². The minimum Gasteiger partial charge on any atom is -0.455 e. The highest BCUT2D eigenvalue weighted by atomic mass is 35.5. The van der Waals surface area contributed by atoms with Gasteiger partial charge in [-0.05, 0) is 48.5 Å². The molecule has 0 radical (unpaired) electrons. The SMILES string of the molecule is Clc1ccc(NN=Cc2ccc(-c3cccc(Cl)c3Cl)o2)cc1. The van der Waals surface area contributed by atoms with Crippen LogP contribution in [0.3, 0.4) is 0 Å². The molecule has 3 aromatic rings. The minimum absolute atomic E-state index is 0.464. The van der Waals surface area contributed by atoms with Gasteiger partial charge in [0.25, 0.3) is 0 Å². The highest BCUT2D eigenvalue weighted by Gasteiger charge is 2.10. The second-order valence-corrected chi connectivity index (χ2v) is 5.90. The van der Waals surface area contributed by atoms with Crippen LogP contribution in [0.2, 0.25) is 15.1 Å². The largest absolute Gasteiger partial charge is 0.455 e. The Labute approximate surface area is 148 Å². The Hall–Kier alpha value is -1.94. The second kappa shape index (κ2) is 7.09. The van der Waals surface area contributed by atoms with Crippen LogP contribution in [-0.2, 0) is 0 Å². The van der Waals surface area contributed by atoms with E-state index >= 15 is 0 Å². The molecule has 1 heterocycles. The van der Waals surface area contributed by atoms with Crippen LogP contribution in [0.5, 0.6) is 0 Å². The van der Waals surface area contributed by atoms with E-state index in [2.05, 4.69) is 10.5 Å². The van der Waals surface area contributed by atoms with Crippen LogP contribution in [-0.4, -0.2) is 6.21 Å². The first-order valence-electron chi connectivity index (χ1n) is 6.72. The van der Waals surface area contributed by atoms with Gasteiger partial charge in [0.05, 0.1) is 21.9 Å². The highest BCUT2D eigenvalue weighted by Crippen LogP contribution is 2.34. The normalized spacial score (nSPS) is 11.1. The Morgan fingerprint density at radius 3 is 2.48 bits per heavy atom. The number of anilines is 1. The zero-order chi connectivity index (χ0) is 16.2. The van der Waals surface area contributed by atoms with Gasteiger partial charge >= 0.3 is 0 Å². The summed E-state index contributed by atoms with van der Waals surface area (Å²) in [5.41, 5.74) is 4.46. The zero-order valence-electron chi connectivity index (χ0n) is 11.8. The van der Waals surface area contributed by atoms with Crippen LogP contribution < -0.4 is 5.43 Å². The van der Waals surface area contributed by atoms with Crippen molar-refractivity contribution >= 4 is 46.7 Å². The third-order valence-corrected chi connectivity index (χ3v) is 4.14. The van der Waals surface area contributed by atoms with Crippen LogP contribution in [0.25, 0.3) is 11.3 Å². The Balaban J connectivity index is 1.73. The molecule has 0 atom stereocenters. The maximum atomic E-state index is 6.19. The predicted octanol–water partition coefficient (Wildman–Crippen LogP) is 6.35. The van der Waals surface area contributed by atoms with Gasteiger partial charge in [-0.15, -0.1) is 0 Å². The van der Waals surface area contributed by atoms with Crippen molar-refractivity contribution in [2.24, 2.45) is 5.10 Å². The van der Waals surface area contributed by atoms with Crippen LogP contribution in [0.15, 0.2) is 64.1 Å². The van der Waals surface area contributed by atoms with Crippen molar-refractivity contribution in [2.45, 2.75) is 0 Å². The lowest BCUT2D eigenvalue weighted by Crippen LogP contribution is -1.88. The zero-order valence-corrected chi connectivity index (χ0v) is 14.0. The van der Waals surface area contributed by atoms with Gasteiger partial charge in [0.2, 0.25) is 0 Å². The second-order valence-electron chi connectivity index (χ2n) is 4.68. The summed E-state index contributed by atoms with van der Waals surface area (Å²) in [5, 5.41) is 5.74. The smallest absolute Gasteiger partial charge is 0.147 e. The number of nitrogens with one attached hydrogen (secondary N) is 1. The predicted molar refractivity (Wildman–Crippen MR) is 96.8 cm³/mol. The fourth-order valence-corrected chi connectivity index (χ4v) is 2.48. The molecule has 3 rings (SSSR count). The molecule has 1 N–H and O–H groups in total. The van der Waals surface area contributed by atoms with Crippen LogP contribution >= 0.6 is 34.8 Å². The lowest BCUT2D eigenvalue weighted by Gasteiger charge is -2.02. The molecule has 0 unspecified atom stereocenters. The van der Waals surface area contributed by atoms with Crippen molar-refractivity contribution in [3.05, 3.63) is 75.4 Å². The van der Waals surface area contributed by atoms with Crippen molar-refractivity contribution in [1.29, 1.82) is 0 Å². The summed E-state index contributed by atoms with van der Waals surface area (Å²) in [6.45, 7) is 0. The van der Waals surface area contributed by atoms with E-state index in [1.165, 1.54) is 0 Å². The summed E-state index contributed by atoms with van der Waals surface area (Å²) < 4.78 is 5.71. The van der Waals surface area contributed by atoms with Crippen LogP contribution in [0.4, 0.5) is 5.69 Å². The summed E-state index contributed by atoms with van der Waals surface area (Å²) in [6, 6.07) is 16.3. The highest BCUT2D eigenvalue weighted by molar-refractivity contribution is 6.43. The summed E-state index contributed by atoms with van der Waals surface area (Å²) in [7, 11) is 0. The maximum absolute atomic E-state index is 6.19. The van der Waals surface area contributed by atoms with E-state index < -0.39 is 0 Å². The van der Waals surface area contributed by atoms with Gasteiger partial charge in [-0.25, -0.2) is 0 Å². The molecular formula is C17H11Cl3N2O. The van der Waals surface area contributed by atoms with Crippen molar-refractivity contribution in [3.63, 3.8) is 0 Å². The van der Waals surface area contributed by atoms with Gasteiger partial charge in [-0.1, -0.05) is 40.9 Å². The molecule has 0 saturated heterocycles. The van der Waals surface area contributed by atoms with Crippen molar-refractivity contribution in [2.75, 3.05) is 5.43 Å². The van der Waals surface area contributed by atoms with E-state index in [1.807, 2.05) is 30.3 Å². The topological polar surface area (TPSA) is 37.5 Å². The van der Waals surface area contributed by atoms with E-state index in [9.17, 15) is 0 Å². The summed E-state index contributed by atoms with van der Waals surface area (Å²) >= 11 is 18.0. The van der Waals surface area contributed by atoms with E-state index in [1.54, 1.807) is 30.5 Å². The third kappa shape index (κ3) is 3.88. The minimum atomic E-state index is 0.464. The van der Waals surface area contributed by atoms with Crippen molar-refractivity contribution in [1.82, 2.24) is 0 Å². The molecule has 0 aliphatic heterocycles. The molecule has 0 saturated carbocycles. The first kappa shape index (κ1) is 15.9. The number of benzene rings is 2. The van der Waals surface area contributed by atoms with Crippen molar-refractivity contribution in [3.8, 4) is 11.3 Å². The Morgan fingerprint density at radius 1 is 0.913 bits per heavy atom. The number of hydrogen-bond acceptors (Lipinski definition) is 3. The monoisotopic (exact) mass is 364 g/mol. The molecule has 0 bridgehead atoms. The number of hydrazone groups is 1. The molecule has 0 fully saturated rings. The van der Waals surface area contributed by atoms with Gasteiger partial charge < -0.3 is 4.42 Å². The maximum Gasteiger partial charge on any atom is 0.147 e. The molecule has 0 spiro atoms. The Kier molecular flexibility index (Phi) is 4.91. The molecular weight excluding hydrogens is 355 g/mol. The number of furan rings is 1. The van der Waals surface area contributed by atoms with Gasteiger partial charge in [0.15, 0.2) is 0 Å². The number of hydrogen-bond donors (Lipinski definition) is 1. The standard InChI is InChI=1S/C17H11Cl3N2O/c18-11-4-6-12(7-5-11)22-21-10-13-8-9-16(23-13)14-2-1-3-15(19)17(14)20/h1-10,22H. The average Bonchev–Trinajstić information content (AvgIpc) is 3.01. The molecule has 3 nitrogen and oxygen atoms in total. The Bertz CT molecular complexity index is 841. The first-order chi connectivity index (χ1) is 11.1. The number of nitrogens with zero attached hydrogens (tertiary/aromatic N) is 1. The summed E-state index contributed by atoms with van der Waals surface area (Å²) in [6.07, 6.45) is 1.58. The Morgan fingerprint density at radius 2 is 1.70 bits per heavy atom. The molecule has 116 valence electrons. The fourth-order valence-electron chi connectivity index (χ4n) is 1.96. The summed E-state index contributed by atoms with van der Waals surface area (Å²) in [5.74, 6) is 1.22. The first-order valence-corrected chi connectivity index (χ1v) is 7.86. The van der Waals surface area contributed by atoms with E-state index in [-0.39, 0.29) is 0 Å². The summed E-state index contributed by atoms with van der Waals surface area (Å²) in [4.78, 5) is 0. The van der Waals surface area contributed by atoms with E-state index in [0.717, 1.165) is 11.3 Å². The molecule has 23 heavy (non-hydrogen) atoms. The number of halogens is 3. The van der Waals surface area contributed by atoms with Crippen molar-refractivity contribution < 1.29 is 4.42 Å². The van der Waals surface area contributed by atoms with E-state index in [4.69, 9.17) is 39.2 Å². The van der Waals surface area contributed by atoms with Gasteiger partial charge in [0, 0.05) is 10.6 Å². The third-order valence-electron chi connectivity index (χ3n) is 3.07. The quantitative estimate of drug-likeness (QED) is 0.432. The average molecular weight is 366 g/mol. The fraction of sp³-hybridized carbons (Fsp3) is 0. The molecule has 2 aromatic carbocycles. The molecule has 6 heteroatoms. The van der Waals surface area contributed by atoms with E-state index in [0.29, 0.717) is 26.6 Å². The van der Waals surface area contributed by atoms with Crippen LogP contribution in [0, 0.1) is 0 Å². The molecule has 0 aliphatic carbocycles. The lowest BCUT2D eigenvalue weighted by atomic mass is 10.2. The van der Waals surface area contributed by atoms with Gasteiger partial charge in [0.1, 0.15) is 11.5 Å². The van der Waals surface area contributed by atoms with Gasteiger partial charge in [-0.2, -0.15) is 5.10 Å². The molecule has 1 aromatic heterocycles. The molecule has 0 amide bonds. The lowest BCUT2D eigenvalue weighted by molar-refractivity contribution is 0.575.